The number of hydrogen-bond acceptors (Lipinski definition) is 5. The van der Waals surface area contributed by atoms with Crippen molar-refractivity contribution in [2.45, 2.75) is 43.9 Å². The minimum absolute atomic E-state index is 0.154. The third-order valence-electron chi connectivity index (χ3n) is 5.56. The standard InChI is InChI=1S/C20H25N3O2S/c24-16-12-14(13-16)19(17-4-1-2-8-21-17)22-15-6-9-23(10-7-15)20(25)18-5-3-11-26-18/h1-5,8,11,14-16,19,22,24H,6-7,9-10,12-13H2/t14?,16?,19-/m0/s1. The molecule has 6 heteroatoms. The van der Waals surface area contributed by atoms with E-state index in [1.165, 1.54) is 11.3 Å². The summed E-state index contributed by atoms with van der Waals surface area (Å²) in [5.74, 6) is 0.590. The molecule has 2 aromatic rings. The van der Waals surface area contributed by atoms with Crippen molar-refractivity contribution >= 4 is 17.2 Å². The fourth-order valence-corrected chi connectivity index (χ4v) is 4.68. The molecular formula is C20H25N3O2S. The number of nitrogens with one attached hydrogen (secondary N) is 1. The lowest BCUT2D eigenvalue weighted by molar-refractivity contribution is 0.0188. The molecule has 1 amide bonds. The highest BCUT2D eigenvalue weighted by atomic mass is 32.1. The lowest BCUT2D eigenvalue weighted by atomic mass is 9.75. The average molecular weight is 372 g/mol. The van der Waals surface area contributed by atoms with Crippen LogP contribution in [0.25, 0.3) is 0 Å². The number of carbonyl (C=O) groups is 1. The molecule has 2 fully saturated rings. The summed E-state index contributed by atoms with van der Waals surface area (Å²) < 4.78 is 0. The van der Waals surface area contributed by atoms with Crippen molar-refractivity contribution in [3.8, 4) is 0 Å². The second-order valence-corrected chi connectivity index (χ2v) is 8.28. The normalized spacial score (nSPS) is 24.9. The molecule has 1 aliphatic carbocycles. The topological polar surface area (TPSA) is 65.5 Å². The monoisotopic (exact) mass is 371 g/mol. The molecule has 0 radical (unpaired) electrons. The zero-order valence-corrected chi connectivity index (χ0v) is 15.6. The highest BCUT2D eigenvalue weighted by Crippen LogP contribution is 2.38. The highest BCUT2D eigenvalue weighted by Gasteiger charge is 2.37. The van der Waals surface area contributed by atoms with Crippen LogP contribution in [0.1, 0.15) is 47.1 Å². The molecule has 1 saturated heterocycles. The van der Waals surface area contributed by atoms with Gasteiger partial charge in [-0.15, -0.1) is 11.3 Å². The molecule has 26 heavy (non-hydrogen) atoms. The molecule has 3 heterocycles. The largest absolute Gasteiger partial charge is 0.393 e. The Hall–Kier alpha value is -1.76. The summed E-state index contributed by atoms with van der Waals surface area (Å²) in [7, 11) is 0. The fraction of sp³-hybridized carbons (Fsp3) is 0.500. The first-order chi connectivity index (χ1) is 12.7. The van der Waals surface area contributed by atoms with Crippen molar-refractivity contribution in [2.24, 2.45) is 5.92 Å². The van der Waals surface area contributed by atoms with E-state index in [0.717, 1.165) is 49.3 Å². The van der Waals surface area contributed by atoms with E-state index in [2.05, 4.69) is 16.4 Å². The molecule has 1 saturated carbocycles. The van der Waals surface area contributed by atoms with Crippen LogP contribution in [0.5, 0.6) is 0 Å². The van der Waals surface area contributed by atoms with E-state index in [1.807, 2.05) is 40.7 Å². The molecule has 2 aliphatic rings. The average Bonchev–Trinajstić information content (AvgIpc) is 3.19. The highest BCUT2D eigenvalue weighted by molar-refractivity contribution is 7.12. The molecule has 0 bridgehead atoms. The second kappa shape index (κ2) is 7.86. The van der Waals surface area contributed by atoms with Crippen molar-refractivity contribution in [3.63, 3.8) is 0 Å². The number of carbonyl (C=O) groups excluding carboxylic acids is 1. The number of thiophene rings is 1. The van der Waals surface area contributed by atoms with E-state index in [1.54, 1.807) is 0 Å². The molecular weight excluding hydrogens is 346 g/mol. The Morgan fingerprint density at radius 1 is 1.23 bits per heavy atom. The summed E-state index contributed by atoms with van der Waals surface area (Å²) in [6.45, 7) is 1.58. The Morgan fingerprint density at radius 2 is 2.04 bits per heavy atom. The maximum absolute atomic E-state index is 12.5. The number of nitrogens with zero attached hydrogens (tertiary/aromatic N) is 2. The number of piperidine rings is 1. The van der Waals surface area contributed by atoms with Crippen molar-refractivity contribution in [2.75, 3.05) is 13.1 Å². The number of likely N-dealkylation sites (tertiary alicyclic amines) is 1. The number of pyridine rings is 1. The van der Waals surface area contributed by atoms with Crippen LogP contribution in [-0.2, 0) is 0 Å². The van der Waals surface area contributed by atoms with Gasteiger partial charge in [-0.3, -0.25) is 9.78 Å². The Kier molecular flexibility index (Phi) is 5.33. The summed E-state index contributed by atoms with van der Waals surface area (Å²) in [5, 5.41) is 15.4. The van der Waals surface area contributed by atoms with Crippen LogP contribution in [-0.4, -0.2) is 46.1 Å². The van der Waals surface area contributed by atoms with Crippen LogP contribution in [0, 0.1) is 5.92 Å². The zero-order chi connectivity index (χ0) is 17.9. The minimum atomic E-state index is -0.168. The molecule has 1 aliphatic heterocycles. The Labute approximate surface area is 158 Å². The van der Waals surface area contributed by atoms with Crippen LogP contribution in [0.3, 0.4) is 0 Å². The predicted molar refractivity (Wildman–Crippen MR) is 102 cm³/mol. The lowest BCUT2D eigenvalue weighted by Gasteiger charge is -2.41. The molecule has 0 spiro atoms. The van der Waals surface area contributed by atoms with Crippen LogP contribution >= 0.6 is 11.3 Å². The van der Waals surface area contributed by atoms with Gasteiger partial charge in [-0.2, -0.15) is 0 Å². The van der Waals surface area contributed by atoms with E-state index in [9.17, 15) is 9.90 Å². The minimum Gasteiger partial charge on any atom is -0.393 e. The lowest BCUT2D eigenvalue weighted by Crippen LogP contribution is -2.48. The number of aliphatic hydroxyl groups is 1. The Bertz CT molecular complexity index is 708. The summed E-state index contributed by atoms with van der Waals surface area (Å²) >= 11 is 1.51. The number of rotatable bonds is 5. The molecule has 5 nitrogen and oxygen atoms in total. The van der Waals surface area contributed by atoms with Gasteiger partial charge in [0.2, 0.25) is 0 Å². The van der Waals surface area contributed by atoms with Crippen LogP contribution < -0.4 is 5.32 Å². The number of amides is 1. The molecule has 1 atom stereocenters. The van der Waals surface area contributed by atoms with Gasteiger partial charge in [0.15, 0.2) is 0 Å². The molecule has 0 unspecified atom stereocenters. The fourth-order valence-electron chi connectivity index (χ4n) is 3.98. The van der Waals surface area contributed by atoms with Crippen molar-refractivity contribution in [3.05, 3.63) is 52.5 Å². The number of aromatic nitrogens is 1. The molecule has 138 valence electrons. The second-order valence-electron chi connectivity index (χ2n) is 7.33. The van der Waals surface area contributed by atoms with Gasteiger partial charge in [0.1, 0.15) is 0 Å². The number of hydrogen-bond donors (Lipinski definition) is 2. The molecule has 0 aromatic carbocycles. The van der Waals surface area contributed by atoms with Gasteiger partial charge in [-0.1, -0.05) is 12.1 Å². The Morgan fingerprint density at radius 3 is 2.65 bits per heavy atom. The van der Waals surface area contributed by atoms with Crippen LogP contribution in [0.4, 0.5) is 0 Å². The van der Waals surface area contributed by atoms with Gasteiger partial charge in [-0.05, 0) is 55.2 Å². The zero-order valence-electron chi connectivity index (χ0n) is 14.8. The third kappa shape index (κ3) is 3.82. The van der Waals surface area contributed by atoms with Gasteiger partial charge in [0.25, 0.3) is 5.91 Å². The first-order valence-corrected chi connectivity index (χ1v) is 10.3. The van der Waals surface area contributed by atoms with E-state index in [-0.39, 0.29) is 18.1 Å². The van der Waals surface area contributed by atoms with Crippen molar-refractivity contribution in [1.82, 2.24) is 15.2 Å². The van der Waals surface area contributed by atoms with E-state index in [0.29, 0.717) is 12.0 Å². The predicted octanol–water partition coefficient (Wildman–Crippen LogP) is 2.85. The smallest absolute Gasteiger partial charge is 0.263 e. The first kappa shape index (κ1) is 17.6. The SMILES string of the molecule is O=C(c1cccs1)N1CCC(N[C@H](c2ccccn2)C2CC(O)C2)CC1. The van der Waals surface area contributed by atoms with Gasteiger partial charge >= 0.3 is 0 Å². The summed E-state index contributed by atoms with van der Waals surface area (Å²) in [6.07, 6.45) is 5.25. The van der Waals surface area contributed by atoms with Crippen molar-refractivity contribution in [1.29, 1.82) is 0 Å². The van der Waals surface area contributed by atoms with Gasteiger partial charge in [-0.25, -0.2) is 0 Å². The van der Waals surface area contributed by atoms with Crippen LogP contribution in [0.2, 0.25) is 0 Å². The maximum Gasteiger partial charge on any atom is 0.263 e. The first-order valence-electron chi connectivity index (χ1n) is 9.38. The van der Waals surface area contributed by atoms with E-state index in [4.69, 9.17) is 0 Å². The van der Waals surface area contributed by atoms with Gasteiger partial charge in [0, 0.05) is 25.3 Å². The molecule has 4 rings (SSSR count). The van der Waals surface area contributed by atoms with E-state index >= 15 is 0 Å². The number of aliphatic hydroxyl groups excluding tert-OH is 1. The quantitative estimate of drug-likeness (QED) is 0.848. The van der Waals surface area contributed by atoms with Gasteiger partial charge < -0.3 is 15.3 Å². The Balaban J connectivity index is 1.36. The van der Waals surface area contributed by atoms with Crippen molar-refractivity contribution < 1.29 is 9.90 Å². The summed E-state index contributed by atoms with van der Waals surface area (Å²) in [6, 6.07) is 10.4. The maximum atomic E-state index is 12.5. The molecule has 2 aromatic heterocycles. The summed E-state index contributed by atoms with van der Waals surface area (Å²) in [4.78, 5) is 19.8. The summed E-state index contributed by atoms with van der Waals surface area (Å²) in [5.41, 5.74) is 1.06. The van der Waals surface area contributed by atoms with Gasteiger partial charge in [0.05, 0.1) is 22.7 Å². The molecule has 2 N–H and O–H groups in total. The third-order valence-corrected chi connectivity index (χ3v) is 6.41. The van der Waals surface area contributed by atoms with E-state index < -0.39 is 0 Å². The van der Waals surface area contributed by atoms with Crippen LogP contribution in [0.15, 0.2) is 41.9 Å².